The summed E-state index contributed by atoms with van der Waals surface area (Å²) >= 11 is 6.63. The highest BCUT2D eigenvalue weighted by molar-refractivity contribution is 6.32. The number of nitrogens with one attached hydrogen (secondary N) is 1. The molecule has 1 fully saturated rings. The third-order valence-electron chi connectivity index (χ3n) is 8.33. The van der Waals surface area contributed by atoms with Crippen LogP contribution in [-0.2, 0) is 19.0 Å². The lowest BCUT2D eigenvalue weighted by Crippen LogP contribution is -2.46. The fourth-order valence-corrected chi connectivity index (χ4v) is 6.44. The molecule has 6 bridgehead atoms. The van der Waals surface area contributed by atoms with E-state index in [4.69, 9.17) is 16.3 Å². The molecule has 7 rings (SSSR count). The first-order chi connectivity index (χ1) is 20.0. The number of ether oxygens (including phenoxy) is 1. The minimum atomic E-state index is -0.988. The van der Waals surface area contributed by atoms with Crippen LogP contribution < -0.4 is 15.6 Å². The molecule has 2 aliphatic rings. The molecule has 1 atom stereocenters. The van der Waals surface area contributed by atoms with Gasteiger partial charge in [-0.05, 0) is 64.9 Å². The van der Waals surface area contributed by atoms with Gasteiger partial charge in [0.05, 0.1) is 35.4 Å². The molecule has 41 heavy (non-hydrogen) atoms. The second kappa shape index (κ2) is 10.2. The van der Waals surface area contributed by atoms with Crippen molar-refractivity contribution in [1.82, 2.24) is 19.4 Å². The highest BCUT2D eigenvalue weighted by Gasteiger charge is 2.40. The molecule has 1 aliphatic heterocycles. The van der Waals surface area contributed by atoms with E-state index in [9.17, 15) is 9.18 Å². The third-order valence-corrected chi connectivity index (χ3v) is 8.64. The highest BCUT2D eigenvalue weighted by Crippen LogP contribution is 2.43. The summed E-state index contributed by atoms with van der Waals surface area (Å²) in [5.41, 5.74) is 5.46. The van der Waals surface area contributed by atoms with Crippen LogP contribution in [0.2, 0.25) is 5.02 Å². The molecule has 0 spiro atoms. The molecule has 5 aromatic rings. The molecule has 1 aliphatic carbocycles. The number of nitrogens with zero attached hydrogens (tertiary/aromatic N) is 3. The summed E-state index contributed by atoms with van der Waals surface area (Å²) in [4.78, 5) is 17.9. The molecule has 0 saturated heterocycles. The predicted molar refractivity (Wildman–Crippen MR) is 160 cm³/mol. The van der Waals surface area contributed by atoms with Crippen molar-refractivity contribution in [3.8, 4) is 16.9 Å². The number of imidazole rings is 1. The Morgan fingerprint density at radius 3 is 2.71 bits per heavy atom. The van der Waals surface area contributed by atoms with Crippen LogP contribution in [0.1, 0.15) is 41.3 Å². The average Bonchev–Trinajstić information content (AvgIpc) is 3.73. The first kappa shape index (κ1) is 26.0. The Bertz CT molecular complexity index is 1840. The monoisotopic (exact) mass is 568 g/mol. The Hall–Kier alpha value is -3.94. The van der Waals surface area contributed by atoms with Crippen LogP contribution in [0.3, 0.4) is 0 Å². The largest absolute Gasteiger partial charge is 0.492 e. The molecule has 1 saturated carbocycles. The number of benzene rings is 3. The van der Waals surface area contributed by atoms with E-state index in [-0.39, 0.29) is 18.1 Å². The minimum absolute atomic E-state index is 0.00778. The number of fused-ring (bicyclic) bond motifs is 6. The molecular weight excluding hydrogens is 539 g/mol. The van der Waals surface area contributed by atoms with Gasteiger partial charge in [-0.15, -0.1) is 0 Å². The molecular formula is C33H30ClFN4O2. The molecule has 208 valence electrons. The zero-order chi connectivity index (χ0) is 28.1. The lowest BCUT2D eigenvalue weighted by Gasteiger charge is -2.37. The summed E-state index contributed by atoms with van der Waals surface area (Å²) in [5.74, 6) is 0.565. The zero-order valence-electron chi connectivity index (χ0n) is 22.7. The molecule has 6 nitrogen and oxygen atoms in total. The van der Waals surface area contributed by atoms with E-state index >= 15 is 0 Å². The molecule has 3 aromatic carbocycles. The van der Waals surface area contributed by atoms with Crippen molar-refractivity contribution in [2.75, 3.05) is 19.8 Å². The molecule has 3 heterocycles. The summed E-state index contributed by atoms with van der Waals surface area (Å²) in [7, 11) is 1.93. The maximum absolute atomic E-state index is 13.9. The van der Waals surface area contributed by atoms with E-state index in [0.717, 1.165) is 57.3 Å². The van der Waals surface area contributed by atoms with Gasteiger partial charge in [-0.3, -0.25) is 10.1 Å². The summed E-state index contributed by atoms with van der Waals surface area (Å²) in [6.07, 6.45) is 6.22. The van der Waals surface area contributed by atoms with E-state index in [0.29, 0.717) is 23.8 Å². The van der Waals surface area contributed by atoms with Gasteiger partial charge in [-0.25, -0.2) is 9.37 Å². The van der Waals surface area contributed by atoms with Crippen molar-refractivity contribution in [3.63, 3.8) is 0 Å². The van der Waals surface area contributed by atoms with Crippen LogP contribution in [0.15, 0.2) is 84.0 Å². The van der Waals surface area contributed by atoms with E-state index in [1.54, 1.807) is 12.4 Å². The Balaban J connectivity index is 1.61. The number of hydrogen-bond donors (Lipinski definition) is 1. The lowest BCUT2D eigenvalue weighted by molar-refractivity contribution is 0.320. The number of rotatable bonds is 5. The first-order valence-electron chi connectivity index (χ1n) is 14.0. The van der Waals surface area contributed by atoms with Gasteiger partial charge in [-0.1, -0.05) is 48.0 Å². The first-order valence-corrected chi connectivity index (χ1v) is 14.4. The zero-order valence-corrected chi connectivity index (χ0v) is 23.5. The quantitative estimate of drug-likeness (QED) is 0.275. The van der Waals surface area contributed by atoms with Gasteiger partial charge in [-0.2, -0.15) is 0 Å². The van der Waals surface area contributed by atoms with Crippen molar-refractivity contribution < 1.29 is 9.13 Å². The number of halogens is 2. The molecule has 2 aromatic heterocycles. The molecule has 0 amide bonds. The number of pyridine rings is 1. The fraction of sp³-hybridized carbons (Fsp3) is 0.273. The Morgan fingerprint density at radius 2 is 1.93 bits per heavy atom. The molecule has 0 radical (unpaired) electrons. The van der Waals surface area contributed by atoms with Crippen LogP contribution in [0.25, 0.3) is 22.0 Å². The number of aryl methyl sites for hydroxylation is 1. The van der Waals surface area contributed by atoms with Crippen LogP contribution in [-0.4, -0.2) is 33.9 Å². The van der Waals surface area contributed by atoms with E-state index < -0.39 is 12.2 Å². The van der Waals surface area contributed by atoms with Crippen LogP contribution >= 0.6 is 11.6 Å². The van der Waals surface area contributed by atoms with Crippen LogP contribution in [0, 0.1) is 0 Å². The van der Waals surface area contributed by atoms with Crippen molar-refractivity contribution in [1.29, 1.82) is 0 Å². The van der Waals surface area contributed by atoms with Gasteiger partial charge in [0.25, 0.3) is 5.56 Å². The smallest absolute Gasteiger partial charge is 0.251 e. The summed E-state index contributed by atoms with van der Waals surface area (Å²) in [5, 5.41) is 5.02. The second-order valence-corrected chi connectivity index (χ2v) is 11.3. The fourth-order valence-electron chi connectivity index (χ4n) is 6.26. The van der Waals surface area contributed by atoms with Crippen LogP contribution in [0.4, 0.5) is 4.39 Å². The van der Waals surface area contributed by atoms with E-state index in [2.05, 4.69) is 28.5 Å². The lowest BCUT2D eigenvalue weighted by atomic mass is 9.79. The minimum Gasteiger partial charge on any atom is -0.492 e. The van der Waals surface area contributed by atoms with Crippen molar-refractivity contribution in [2.24, 2.45) is 7.05 Å². The molecule has 1 N–H and O–H groups in total. The van der Waals surface area contributed by atoms with E-state index in [1.165, 1.54) is 0 Å². The van der Waals surface area contributed by atoms with Crippen LogP contribution in [0.5, 0.6) is 5.75 Å². The van der Waals surface area contributed by atoms with Gasteiger partial charge >= 0.3 is 0 Å². The summed E-state index contributed by atoms with van der Waals surface area (Å²) < 4.78 is 24.0. The molecule has 1 unspecified atom stereocenters. The van der Waals surface area contributed by atoms with Gasteiger partial charge in [0, 0.05) is 37.5 Å². The third kappa shape index (κ3) is 4.35. The number of alkyl halides is 1. The van der Waals surface area contributed by atoms with Gasteiger partial charge in [0.15, 0.2) is 0 Å². The highest BCUT2D eigenvalue weighted by atomic mass is 35.5. The Morgan fingerprint density at radius 1 is 1.10 bits per heavy atom. The summed E-state index contributed by atoms with van der Waals surface area (Å²) in [6.45, 7) is -0.0187. The van der Waals surface area contributed by atoms with Crippen molar-refractivity contribution >= 4 is 22.5 Å². The maximum Gasteiger partial charge on any atom is 0.251 e. The van der Waals surface area contributed by atoms with Crippen molar-refractivity contribution in [2.45, 2.75) is 30.8 Å². The van der Waals surface area contributed by atoms with Gasteiger partial charge in [0.1, 0.15) is 18.0 Å². The van der Waals surface area contributed by atoms with Gasteiger partial charge < -0.3 is 13.9 Å². The Labute approximate surface area is 242 Å². The standard InChI is InChI=1S/C33H30ClFN4O2/c1-38-20-36-19-31(38)33(37-13-12-35)23-6-10-29-27(16-23)26(18-32(40)39(29)25-7-8-25)22-4-2-3-21(15-22)11-14-41-30-17-24(33)5-9-28(30)34/h2-6,9-10,15-20,25,37H,7-8,11-14H2,1H3. The van der Waals surface area contributed by atoms with E-state index in [1.807, 2.05) is 64.8 Å². The predicted octanol–water partition coefficient (Wildman–Crippen LogP) is 6.18. The molecule has 8 heteroatoms. The topological polar surface area (TPSA) is 61.1 Å². The normalized spacial score (nSPS) is 18.3. The number of hydrogen-bond acceptors (Lipinski definition) is 4. The average molecular weight is 569 g/mol. The van der Waals surface area contributed by atoms with Crippen molar-refractivity contribution in [3.05, 3.63) is 117 Å². The maximum atomic E-state index is 13.9. The summed E-state index contributed by atoms with van der Waals surface area (Å²) in [6, 6.07) is 22.2. The SMILES string of the molecule is Cn1cncc1C1(NCCF)c2ccc(Cl)c(c2)OCCc2cccc(c2)-c2cc(=O)n(C3CC3)c3ccc1cc23. The second-order valence-electron chi connectivity index (χ2n) is 10.9. The number of aromatic nitrogens is 3. The van der Waals surface area contributed by atoms with Gasteiger partial charge in [0.2, 0.25) is 0 Å². The Kier molecular flexibility index (Phi) is 6.44.